The van der Waals surface area contributed by atoms with E-state index in [0.29, 0.717) is 43.5 Å². The zero-order valence-corrected chi connectivity index (χ0v) is 15.7. The summed E-state index contributed by atoms with van der Waals surface area (Å²) in [7, 11) is 0. The Balaban J connectivity index is 1.48. The zero-order valence-electron chi connectivity index (χ0n) is 15.7. The van der Waals surface area contributed by atoms with Crippen molar-refractivity contribution in [1.82, 2.24) is 14.9 Å². The van der Waals surface area contributed by atoms with Gasteiger partial charge in [0.15, 0.2) is 5.76 Å². The Hall–Kier alpha value is -3.49. The van der Waals surface area contributed by atoms with Gasteiger partial charge in [-0.25, -0.2) is 13.8 Å². The van der Waals surface area contributed by atoms with Crippen molar-refractivity contribution in [1.29, 1.82) is 0 Å². The molecule has 1 saturated heterocycles. The minimum atomic E-state index is -0.721. The van der Waals surface area contributed by atoms with Crippen LogP contribution in [0.5, 0.6) is 0 Å². The highest BCUT2D eigenvalue weighted by molar-refractivity contribution is 5.91. The molecule has 0 radical (unpaired) electrons. The van der Waals surface area contributed by atoms with Crippen molar-refractivity contribution < 1.29 is 18.0 Å². The summed E-state index contributed by atoms with van der Waals surface area (Å²) in [5, 5.41) is 2.63. The largest absolute Gasteiger partial charge is 0.459 e. The van der Waals surface area contributed by atoms with Crippen LogP contribution in [0.3, 0.4) is 0 Å². The van der Waals surface area contributed by atoms with E-state index in [1.165, 1.54) is 12.3 Å². The van der Waals surface area contributed by atoms with Gasteiger partial charge in [0.2, 0.25) is 5.95 Å². The van der Waals surface area contributed by atoms with Gasteiger partial charge in [-0.2, -0.15) is 4.98 Å². The molecule has 0 saturated carbocycles. The van der Waals surface area contributed by atoms with E-state index in [2.05, 4.69) is 15.3 Å². The summed E-state index contributed by atoms with van der Waals surface area (Å²) in [4.78, 5) is 24.7. The molecule has 0 atom stereocenters. The van der Waals surface area contributed by atoms with Crippen LogP contribution in [-0.2, 0) is 0 Å². The molecule has 29 heavy (non-hydrogen) atoms. The number of carbonyl (C=O) groups excluding carboxylic acids is 1. The molecule has 0 aliphatic carbocycles. The third-order valence-electron chi connectivity index (χ3n) is 4.66. The maximum Gasteiger partial charge on any atom is 0.289 e. The van der Waals surface area contributed by atoms with Gasteiger partial charge < -0.3 is 19.5 Å². The topological polar surface area (TPSA) is 74.5 Å². The van der Waals surface area contributed by atoms with Gasteiger partial charge in [-0.1, -0.05) is 6.07 Å². The maximum absolute atomic E-state index is 13.9. The van der Waals surface area contributed by atoms with Crippen LogP contribution in [0.4, 0.5) is 26.2 Å². The van der Waals surface area contributed by atoms with Crippen LogP contribution in [0.2, 0.25) is 0 Å². The highest BCUT2D eigenvalue weighted by Crippen LogP contribution is 2.24. The molecule has 1 amide bonds. The zero-order chi connectivity index (χ0) is 20.4. The number of aromatic nitrogens is 2. The van der Waals surface area contributed by atoms with Gasteiger partial charge in [-0.05, 0) is 31.2 Å². The fourth-order valence-electron chi connectivity index (χ4n) is 3.19. The van der Waals surface area contributed by atoms with Crippen LogP contribution < -0.4 is 10.2 Å². The molecule has 1 fully saturated rings. The fraction of sp³-hybridized carbons (Fsp3) is 0.250. The van der Waals surface area contributed by atoms with Crippen molar-refractivity contribution in [3.05, 3.63) is 65.7 Å². The molecular formula is C20H19F2N5O2. The minimum Gasteiger partial charge on any atom is -0.459 e. The molecule has 9 heteroatoms. The van der Waals surface area contributed by atoms with E-state index in [1.54, 1.807) is 30.0 Å². The van der Waals surface area contributed by atoms with E-state index in [1.807, 2.05) is 4.90 Å². The van der Waals surface area contributed by atoms with E-state index in [4.69, 9.17) is 4.42 Å². The van der Waals surface area contributed by atoms with Crippen molar-refractivity contribution in [2.45, 2.75) is 6.92 Å². The summed E-state index contributed by atoms with van der Waals surface area (Å²) < 4.78 is 33.0. The van der Waals surface area contributed by atoms with Gasteiger partial charge in [0.25, 0.3) is 5.91 Å². The molecule has 0 unspecified atom stereocenters. The lowest BCUT2D eigenvalue weighted by atomic mass is 10.2. The number of furan rings is 1. The molecule has 0 bridgehead atoms. The van der Waals surface area contributed by atoms with Gasteiger partial charge in [-0.15, -0.1) is 0 Å². The van der Waals surface area contributed by atoms with Crippen molar-refractivity contribution in [2.24, 2.45) is 0 Å². The van der Waals surface area contributed by atoms with Crippen molar-refractivity contribution in [2.75, 3.05) is 36.4 Å². The number of para-hydroxylation sites is 1. The van der Waals surface area contributed by atoms with Crippen molar-refractivity contribution in [3.8, 4) is 0 Å². The number of aryl methyl sites for hydroxylation is 1. The smallest absolute Gasteiger partial charge is 0.289 e. The van der Waals surface area contributed by atoms with Crippen LogP contribution in [0.25, 0.3) is 0 Å². The molecule has 150 valence electrons. The quantitative estimate of drug-likeness (QED) is 0.725. The minimum absolute atomic E-state index is 0.109. The molecular weight excluding hydrogens is 380 g/mol. The Bertz CT molecular complexity index is 997. The number of benzene rings is 1. The average Bonchev–Trinajstić information content (AvgIpc) is 3.25. The number of anilines is 3. The van der Waals surface area contributed by atoms with E-state index in [0.717, 1.165) is 12.1 Å². The van der Waals surface area contributed by atoms with Crippen LogP contribution in [0.15, 0.2) is 47.1 Å². The number of piperazine rings is 1. The van der Waals surface area contributed by atoms with Crippen LogP contribution in [-0.4, -0.2) is 47.0 Å². The second kappa shape index (κ2) is 7.86. The standard InChI is InChI=1S/C20H19F2N5O2/c1-13-12-17(24-20(23-13)25-18-14(21)4-2-5-15(18)22)26-7-9-27(10-8-26)19(28)16-6-3-11-29-16/h2-6,11-12H,7-10H2,1H3,(H,23,24,25). The average molecular weight is 399 g/mol. The highest BCUT2D eigenvalue weighted by Gasteiger charge is 2.25. The second-order valence-corrected chi connectivity index (χ2v) is 6.67. The van der Waals surface area contributed by atoms with Gasteiger partial charge in [0, 0.05) is 37.9 Å². The highest BCUT2D eigenvalue weighted by atomic mass is 19.1. The molecule has 2 aromatic heterocycles. The predicted octanol–water partition coefficient (Wildman–Crippen LogP) is 3.36. The van der Waals surface area contributed by atoms with Gasteiger partial charge in [-0.3, -0.25) is 4.79 Å². The van der Waals surface area contributed by atoms with Gasteiger partial charge >= 0.3 is 0 Å². The lowest BCUT2D eigenvalue weighted by Crippen LogP contribution is -2.49. The third-order valence-corrected chi connectivity index (χ3v) is 4.66. The van der Waals surface area contributed by atoms with E-state index >= 15 is 0 Å². The van der Waals surface area contributed by atoms with Crippen LogP contribution in [0, 0.1) is 18.6 Å². The Morgan fingerprint density at radius 3 is 2.45 bits per heavy atom. The van der Waals surface area contributed by atoms with Crippen LogP contribution in [0.1, 0.15) is 16.2 Å². The fourth-order valence-corrected chi connectivity index (χ4v) is 3.19. The van der Waals surface area contributed by atoms with E-state index < -0.39 is 11.6 Å². The first-order chi connectivity index (χ1) is 14.0. The molecule has 4 rings (SSSR count). The molecule has 0 spiro atoms. The number of rotatable bonds is 4. The molecule has 3 aromatic rings. The SMILES string of the molecule is Cc1cc(N2CCN(C(=O)c3ccco3)CC2)nc(Nc2c(F)cccc2F)n1. The first-order valence-electron chi connectivity index (χ1n) is 9.16. The predicted molar refractivity (Wildman–Crippen MR) is 103 cm³/mol. The number of nitrogens with zero attached hydrogens (tertiary/aromatic N) is 4. The monoisotopic (exact) mass is 399 g/mol. The van der Waals surface area contributed by atoms with Crippen molar-refractivity contribution >= 4 is 23.4 Å². The summed E-state index contributed by atoms with van der Waals surface area (Å²) >= 11 is 0. The number of hydrogen-bond acceptors (Lipinski definition) is 6. The summed E-state index contributed by atoms with van der Waals surface area (Å²) in [5.41, 5.74) is 0.362. The van der Waals surface area contributed by atoms with Gasteiger partial charge in [0.05, 0.1) is 6.26 Å². The Morgan fingerprint density at radius 1 is 1.07 bits per heavy atom. The van der Waals surface area contributed by atoms with Gasteiger partial charge in [0.1, 0.15) is 23.1 Å². The van der Waals surface area contributed by atoms with E-state index in [-0.39, 0.29) is 17.5 Å². The number of carbonyl (C=O) groups is 1. The Labute approximate surface area is 166 Å². The normalized spacial score (nSPS) is 14.2. The molecule has 1 aliphatic rings. The lowest BCUT2D eigenvalue weighted by molar-refractivity contribution is 0.0714. The number of amides is 1. The van der Waals surface area contributed by atoms with Crippen LogP contribution >= 0.6 is 0 Å². The van der Waals surface area contributed by atoms with Crippen molar-refractivity contribution in [3.63, 3.8) is 0 Å². The molecule has 1 aromatic carbocycles. The number of nitrogens with one attached hydrogen (secondary N) is 1. The first kappa shape index (κ1) is 18.9. The molecule has 7 nitrogen and oxygen atoms in total. The summed E-state index contributed by atoms with van der Waals surface area (Å²) in [6.45, 7) is 3.93. The Morgan fingerprint density at radius 2 is 1.79 bits per heavy atom. The molecule has 1 aliphatic heterocycles. The Kier molecular flexibility index (Phi) is 5.11. The molecule has 3 heterocycles. The first-order valence-corrected chi connectivity index (χ1v) is 9.16. The number of hydrogen-bond donors (Lipinski definition) is 1. The third kappa shape index (κ3) is 4.03. The summed E-state index contributed by atoms with van der Waals surface area (Å²) in [6, 6.07) is 8.74. The summed E-state index contributed by atoms with van der Waals surface area (Å²) in [5.74, 6) is -0.538. The second-order valence-electron chi connectivity index (χ2n) is 6.67. The number of halogens is 2. The lowest BCUT2D eigenvalue weighted by Gasteiger charge is -2.35. The maximum atomic E-state index is 13.9. The van der Waals surface area contributed by atoms with E-state index in [9.17, 15) is 13.6 Å². The summed E-state index contributed by atoms with van der Waals surface area (Å²) in [6.07, 6.45) is 1.47. The molecule has 1 N–H and O–H groups in total.